The molecule has 1 heteroatoms. The highest BCUT2D eigenvalue weighted by molar-refractivity contribution is 5.96. The van der Waals surface area contributed by atoms with Crippen molar-refractivity contribution in [1.29, 1.82) is 0 Å². The van der Waals surface area contributed by atoms with Crippen LogP contribution in [0, 0.1) is 0 Å². The molecule has 1 aliphatic carbocycles. The molecule has 9 rings (SSSR count). The average Bonchev–Trinajstić information content (AvgIpc) is 3.45. The standard InChI is InChI=1S/C51H39N/c1-51(2)48-26-16-15-25-44(48)47-35-43(34-46(50(47)51)40-23-13-6-14-24-40)52(42-30-27-38(28-31-42)36-17-7-3-8-18-36)49-32-29-41(37-19-9-4-10-20-37)33-45(49)39-21-11-5-12-22-39/h3-35H,1-2H3. The van der Waals surface area contributed by atoms with Crippen LogP contribution in [0.5, 0.6) is 0 Å². The number of hydrogen-bond acceptors (Lipinski definition) is 1. The summed E-state index contributed by atoms with van der Waals surface area (Å²) in [5.41, 5.74) is 18.2. The second kappa shape index (κ2) is 13.0. The Labute approximate surface area is 307 Å². The Balaban J connectivity index is 1.33. The van der Waals surface area contributed by atoms with Crippen LogP contribution >= 0.6 is 0 Å². The monoisotopic (exact) mass is 665 g/mol. The van der Waals surface area contributed by atoms with Crippen molar-refractivity contribution in [3.63, 3.8) is 0 Å². The molecule has 0 aromatic heterocycles. The molecule has 0 bridgehead atoms. The fourth-order valence-corrected chi connectivity index (χ4v) is 8.14. The third kappa shape index (κ3) is 5.52. The molecule has 8 aromatic rings. The second-order valence-electron chi connectivity index (χ2n) is 14.2. The van der Waals surface area contributed by atoms with Crippen LogP contribution in [0.1, 0.15) is 25.0 Å². The van der Waals surface area contributed by atoms with Gasteiger partial charge in [-0.1, -0.05) is 178 Å². The summed E-state index contributed by atoms with van der Waals surface area (Å²) >= 11 is 0. The first-order chi connectivity index (χ1) is 25.6. The van der Waals surface area contributed by atoms with Crippen molar-refractivity contribution in [2.24, 2.45) is 0 Å². The first-order valence-electron chi connectivity index (χ1n) is 18.1. The smallest absolute Gasteiger partial charge is 0.0540 e. The minimum absolute atomic E-state index is 0.148. The van der Waals surface area contributed by atoms with Crippen LogP contribution in [0.4, 0.5) is 17.1 Å². The minimum atomic E-state index is -0.148. The van der Waals surface area contributed by atoms with E-state index in [0.29, 0.717) is 0 Å². The van der Waals surface area contributed by atoms with E-state index in [1.54, 1.807) is 0 Å². The number of nitrogens with zero attached hydrogens (tertiary/aromatic N) is 1. The van der Waals surface area contributed by atoms with Crippen LogP contribution in [-0.4, -0.2) is 0 Å². The normalized spacial score (nSPS) is 12.6. The predicted octanol–water partition coefficient (Wildman–Crippen LogP) is 14.1. The van der Waals surface area contributed by atoms with Gasteiger partial charge in [-0.25, -0.2) is 0 Å². The lowest BCUT2D eigenvalue weighted by Crippen LogP contribution is -2.17. The van der Waals surface area contributed by atoms with Gasteiger partial charge in [0.1, 0.15) is 0 Å². The van der Waals surface area contributed by atoms with E-state index in [2.05, 4.69) is 219 Å². The summed E-state index contributed by atoms with van der Waals surface area (Å²) in [5, 5.41) is 0. The van der Waals surface area contributed by atoms with E-state index in [4.69, 9.17) is 0 Å². The van der Waals surface area contributed by atoms with Crippen LogP contribution in [-0.2, 0) is 5.41 Å². The zero-order chi connectivity index (χ0) is 35.1. The summed E-state index contributed by atoms with van der Waals surface area (Å²) < 4.78 is 0. The van der Waals surface area contributed by atoms with Gasteiger partial charge in [0.2, 0.25) is 0 Å². The van der Waals surface area contributed by atoms with Crippen molar-refractivity contribution in [2.45, 2.75) is 19.3 Å². The summed E-state index contributed by atoms with van der Waals surface area (Å²) in [6, 6.07) is 72.8. The lowest BCUT2D eigenvalue weighted by Gasteiger charge is -2.31. The van der Waals surface area contributed by atoms with E-state index in [-0.39, 0.29) is 5.41 Å². The molecule has 0 radical (unpaired) electrons. The van der Waals surface area contributed by atoms with Crippen molar-refractivity contribution in [1.82, 2.24) is 0 Å². The molecular formula is C51H39N. The molecule has 0 fully saturated rings. The van der Waals surface area contributed by atoms with Gasteiger partial charge in [-0.2, -0.15) is 0 Å². The summed E-state index contributed by atoms with van der Waals surface area (Å²) in [7, 11) is 0. The third-order valence-corrected chi connectivity index (χ3v) is 10.6. The van der Waals surface area contributed by atoms with Crippen LogP contribution in [0.15, 0.2) is 200 Å². The highest BCUT2D eigenvalue weighted by Crippen LogP contribution is 2.55. The van der Waals surface area contributed by atoms with Gasteiger partial charge in [0.05, 0.1) is 5.69 Å². The maximum Gasteiger partial charge on any atom is 0.0540 e. The van der Waals surface area contributed by atoms with E-state index in [9.17, 15) is 0 Å². The van der Waals surface area contributed by atoms with Gasteiger partial charge in [0.15, 0.2) is 0 Å². The summed E-state index contributed by atoms with van der Waals surface area (Å²) in [6.07, 6.45) is 0. The molecule has 0 spiro atoms. The fourth-order valence-electron chi connectivity index (χ4n) is 8.14. The molecule has 1 nitrogen and oxygen atoms in total. The molecule has 8 aromatic carbocycles. The molecule has 0 amide bonds. The molecule has 0 unspecified atom stereocenters. The topological polar surface area (TPSA) is 3.24 Å². The van der Waals surface area contributed by atoms with Gasteiger partial charge in [-0.3, -0.25) is 0 Å². The van der Waals surface area contributed by atoms with Gasteiger partial charge in [-0.05, 0) is 97.6 Å². The Morgan fingerprint density at radius 3 is 1.40 bits per heavy atom. The van der Waals surface area contributed by atoms with Crippen molar-refractivity contribution in [3.8, 4) is 55.6 Å². The number of rotatable bonds is 7. The van der Waals surface area contributed by atoms with Crippen LogP contribution in [0.2, 0.25) is 0 Å². The average molecular weight is 666 g/mol. The molecule has 0 atom stereocenters. The number of benzene rings is 8. The molecule has 0 saturated carbocycles. The zero-order valence-electron chi connectivity index (χ0n) is 29.5. The Morgan fingerprint density at radius 1 is 0.327 bits per heavy atom. The van der Waals surface area contributed by atoms with Crippen molar-refractivity contribution in [3.05, 3.63) is 211 Å². The number of fused-ring (bicyclic) bond motifs is 3. The maximum absolute atomic E-state index is 2.46. The molecule has 0 N–H and O–H groups in total. The van der Waals surface area contributed by atoms with Gasteiger partial charge in [0.25, 0.3) is 0 Å². The molecular weight excluding hydrogens is 627 g/mol. The first kappa shape index (κ1) is 31.5. The molecule has 1 aliphatic rings. The van der Waals surface area contributed by atoms with Crippen molar-refractivity contribution in [2.75, 3.05) is 4.90 Å². The van der Waals surface area contributed by atoms with E-state index >= 15 is 0 Å². The van der Waals surface area contributed by atoms with E-state index in [1.165, 1.54) is 66.8 Å². The van der Waals surface area contributed by atoms with E-state index < -0.39 is 0 Å². The summed E-state index contributed by atoms with van der Waals surface area (Å²) in [6.45, 7) is 4.75. The largest absolute Gasteiger partial charge is 0.310 e. The van der Waals surface area contributed by atoms with E-state index in [1.807, 2.05) is 0 Å². The first-order valence-corrected chi connectivity index (χ1v) is 18.1. The maximum atomic E-state index is 2.46. The van der Waals surface area contributed by atoms with Crippen LogP contribution in [0.25, 0.3) is 55.6 Å². The molecule has 248 valence electrons. The molecule has 52 heavy (non-hydrogen) atoms. The molecule has 0 aliphatic heterocycles. The molecule has 0 saturated heterocycles. The van der Waals surface area contributed by atoms with E-state index in [0.717, 1.165) is 17.1 Å². The van der Waals surface area contributed by atoms with Gasteiger partial charge >= 0.3 is 0 Å². The Bertz CT molecular complexity index is 2500. The fraction of sp³-hybridized carbons (Fsp3) is 0.0588. The zero-order valence-corrected chi connectivity index (χ0v) is 29.5. The Hall–Kier alpha value is -6.44. The Kier molecular flexibility index (Phi) is 7.90. The molecule has 0 heterocycles. The van der Waals surface area contributed by atoms with Crippen LogP contribution in [0.3, 0.4) is 0 Å². The Morgan fingerprint density at radius 2 is 0.788 bits per heavy atom. The number of anilines is 3. The quantitative estimate of drug-likeness (QED) is 0.164. The van der Waals surface area contributed by atoms with Crippen LogP contribution < -0.4 is 4.90 Å². The van der Waals surface area contributed by atoms with Gasteiger partial charge in [-0.15, -0.1) is 0 Å². The highest BCUT2D eigenvalue weighted by Gasteiger charge is 2.38. The number of hydrogen-bond donors (Lipinski definition) is 0. The summed E-state index contributed by atoms with van der Waals surface area (Å²) in [4.78, 5) is 2.46. The van der Waals surface area contributed by atoms with Crippen molar-refractivity contribution < 1.29 is 0 Å². The second-order valence-corrected chi connectivity index (χ2v) is 14.2. The van der Waals surface area contributed by atoms with Gasteiger partial charge < -0.3 is 4.90 Å². The summed E-state index contributed by atoms with van der Waals surface area (Å²) in [5.74, 6) is 0. The highest BCUT2D eigenvalue weighted by atomic mass is 15.1. The van der Waals surface area contributed by atoms with Crippen molar-refractivity contribution >= 4 is 17.1 Å². The predicted molar refractivity (Wildman–Crippen MR) is 220 cm³/mol. The lowest BCUT2D eigenvalue weighted by atomic mass is 9.78. The lowest BCUT2D eigenvalue weighted by molar-refractivity contribution is 0.662. The SMILES string of the molecule is CC1(C)c2ccccc2-c2cc(N(c3ccc(-c4ccccc4)cc3)c3ccc(-c4ccccc4)cc3-c3ccccc3)cc(-c3ccccc3)c21. The third-order valence-electron chi connectivity index (χ3n) is 10.6. The minimum Gasteiger partial charge on any atom is -0.310 e. The van der Waals surface area contributed by atoms with Gasteiger partial charge in [0, 0.05) is 22.4 Å².